The number of hydrogen-bond donors (Lipinski definition) is 1. The average molecular weight is 255 g/mol. The molecule has 0 aromatic carbocycles. The molecule has 1 aromatic heterocycles. The van der Waals surface area contributed by atoms with E-state index in [2.05, 4.69) is 4.98 Å². The van der Waals surface area contributed by atoms with Gasteiger partial charge in [0.2, 0.25) is 0 Å². The molecule has 17 heavy (non-hydrogen) atoms. The molecule has 0 radical (unpaired) electrons. The molecule has 0 saturated heterocycles. The summed E-state index contributed by atoms with van der Waals surface area (Å²) in [6.45, 7) is 0.654. The molecular weight excluding hydrogens is 240 g/mol. The molecular formula is C12H15ClN2O2. The lowest BCUT2D eigenvalue weighted by molar-refractivity contribution is 0.0265. The fourth-order valence-corrected chi connectivity index (χ4v) is 2.25. The van der Waals surface area contributed by atoms with Crippen molar-refractivity contribution in [1.82, 2.24) is 9.88 Å². The van der Waals surface area contributed by atoms with E-state index in [4.69, 9.17) is 11.6 Å². The monoisotopic (exact) mass is 254 g/mol. The Kier molecular flexibility index (Phi) is 3.64. The highest BCUT2D eigenvalue weighted by Crippen LogP contribution is 2.28. The molecule has 1 aliphatic carbocycles. The lowest BCUT2D eigenvalue weighted by Crippen LogP contribution is -2.39. The van der Waals surface area contributed by atoms with E-state index in [0.717, 1.165) is 12.8 Å². The topological polar surface area (TPSA) is 53.4 Å². The first-order valence-electron chi connectivity index (χ1n) is 5.61. The Balaban J connectivity index is 1.97. The van der Waals surface area contributed by atoms with Crippen LogP contribution in [0.5, 0.6) is 0 Å². The van der Waals surface area contributed by atoms with Crippen LogP contribution in [-0.4, -0.2) is 40.6 Å². The van der Waals surface area contributed by atoms with Crippen molar-refractivity contribution in [3.8, 4) is 0 Å². The molecule has 1 aromatic rings. The normalized spacial score (nSPS) is 23.0. The molecule has 1 saturated carbocycles. The zero-order chi connectivity index (χ0) is 12.4. The summed E-state index contributed by atoms with van der Waals surface area (Å²) in [7, 11) is 1.75. The van der Waals surface area contributed by atoms with Crippen LogP contribution in [0.1, 0.15) is 23.2 Å². The zero-order valence-corrected chi connectivity index (χ0v) is 10.4. The Morgan fingerprint density at radius 3 is 2.94 bits per heavy atom. The fourth-order valence-electron chi connectivity index (χ4n) is 2.06. The van der Waals surface area contributed by atoms with Gasteiger partial charge in [0.25, 0.3) is 5.91 Å². The second-order valence-electron chi connectivity index (χ2n) is 4.53. The van der Waals surface area contributed by atoms with Gasteiger partial charge in [-0.2, -0.15) is 0 Å². The summed E-state index contributed by atoms with van der Waals surface area (Å²) in [5.74, 6) is 0.277. The van der Waals surface area contributed by atoms with Crippen LogP contribution < -0.4 is 0 Å². The molecule has 92 valence electrons. The summed E-state index contributed by atoms with van der Waals surface area (Å²) in [6, 6.07) is 1.61. The Morgan fingerprint density at radius 1 is 1.65 bits per heavy atom. The number of pyridine rings is 1. The van der Waals surface area contributed by atoms with Crippen LogP contribution in [0, 0.1) is 5.92 Å². The van der Waals surface area contributed by atoms with Gasteiger partial charge in [0, 0.05) is 26.0 Å². The first kappa shape index (κ1) is 12.3. The molecule has 0 aliphatic heterocycles. The lowest BCUT2D eigenvalue weighted by atomic mass is 9.82. The molecule has 1 heterocycles. The van der Waals surface area contributed by atoms with Gasteiger partial charge in [0.1, 0.15) is 0 Å². The van der Waals surface area contributed by atoms with Crippen LogP contribution in [0.25, 0.3) is 0 Å². The zero-order valence-electron chi connectivity index (χ0n) is 9.64. The highest BCUT2D eigenvalue weighted by Gasteiger charge is 2.29. The number of aromatic nitrogens is 1. The standard InChI is InChI=1S/C12H15ClN2O2/c1-15(7-8-4-9(16)5-8)12(17)10-6-14-3-2-11(10)13/h2-3,6,8-9,16H,4-5,7H2,1H3. The van der Waals surface area contributed by atoms with Crippen LogP contribution in [0.2, 0.25) is 5.02 Å². The van der Waals surface area contributed by atoms with Crippen LogP contribution in [-0.2, 0) is 0 Å². The fraction of sp³-hybridized carbons (Fsp3) is 0.500. The van der Waals surface area contributed by atoms with Crippen LogP contribution in [0.3, 0.4) is 0 Å². The van der Waals surface area contributed by atoms with Crippen LogP contribution in [0.4, 0.5) is 0 Å². The van der Waals surface area contributed by atoms with Crippen molar-refractivity contribution >= 4 is 17.5 Å². The SMILES string of the molecule is CN(CC1CC(O)C1)C(=O)c1cnccc1Cl. The first-order valence-corrected chi connectivity index (χ1v) is 5.98. The van der Waals surface area contributed by atoms with E-state index in [1.807, 2.05) is 0 Å². The first-order chi connectivity index (χ1) is 8.08. The third-order valence-electron chi connectivity index (χ3n) is 3.09. The van der Waals surface area contributed by atoms with E-state index in [0.29, 0.717) is 23.0 Å². The van der Waals surface area contributed by atoms with Crippen LogP contribution in [0.15, 0.2) is 18.5 Å². The summed E-state index contributed by atoms with van der Waals surface area (Å²) in [5, 5.41) is 9.62. The summed E-state index contributed by atoms with van der Waals surface area (Å²) < 4.78 is 0. The van der Waals surface area contributed by atoms with Gasteiger partial charge in [-0.1, -0.05) is 11.6 Å². The summed E-state index contributed by atoms with van der Waals surface area (Å²) in [5.41, 5.74) is 0.427. The molecule has 0 bridgehead atoms. The van der Waals surface area contributed by atoms with E-state index in [1.54, 1.807) is 24.2 Å². The minimum absolute atomic E-state index is 0.121. The van der Waals surface area contributed by atoms with Crippen LogP contribution >= 0.6 is 11.6 Å². The van der Waals surface area contributed by atoms with E-state index >= 15 is 0 Å². The van der Waals surface area contributed by atoms with Gasteiger partial charge >= 0.3 is 0 Å². The number of carbonyl (C=O) groups excluding carboxylic acids is 1. The maximum absolute atomic E-state index is 12.1. The Labute approximate surface area is 105 Å². The summed E-state index contributed by atoms with van der Waals surface area (Å²) in [6.07, 6.45) is 4.40. The van der Waals surface area contributed by atoms with Crippen molar-refractivity contribution in [2.24, 2.45) is 5.92 Å². The van der Waals surface area contributed by atoms with E-state index in [-0.39, 0.29) is 12.0 Å². The number of carbonyl (C=O) groups is 1. The maximum Gasteiger partial charge on any atom is 0.256 e. The largest absolute Gasteiger partial charge is 0.393 e. The van der Waals surface area contributed by atoms with E-state index in [1.165, 1.54) is 6.20 Å². The number of rotatable bonds is 3. The second kappa shape index (κ2) is 5.02. The summed E-state index contributed by atoms with van der Waals surface area (Å²) >= 11 is 5.94. The van der Waals surface area contributed by atoms with Gasteiger partial charge < -0.3 is 10.0 Å². The van der Waals surface area contributed by atoms with Crippen molar-refractivity contribution in [2.45, 2.75) is 18.9 Å². The maximum atomic E-state index is 12.1. The smallest absolute Gasteiger partial charge is 0.256 e. The van der Waals surface area contributed by atoms with Crippen molar-refractivity contribution in [2.75, 3.05) is 13.6 Å². The van der Waals surface area contributed by atoms with Crippen molar-refractivity contribution in [3.05, 3.63) is 29.0 Å². The number of hydrogen-bond acceptors (Lipinski definition) is 3. The Hall–Kier alpha value is -1.13. The number of halogens is 1. The minimum atomic E-state index is -0.189. The Morgan fingerprint density at radius 2 is 2.35 bits per heavy atom. The van der Waals surface area contributed by atoms with Crippen molar-refractivity contribution in [1.29, 1.82) is 0 Å². The van der Waals surface area contributed by atoms with Gasteiger partial charge in [-0.3, -0.25) is 9.78 Å². The highest BCUT2D eigenvalue weighted by molar-refractivity contribution is 6.33. The van der Waals surface area contributed by atoms with Crippen molar-refractivity contribution in [3.63, 3.8) is 0 Å². The molecule has 0 atom stereocenters. The van der Waals surface area contributed by atoms with Gasteiger partial charge in [-0.25, -0.2) is 0 Å². The molecule has 1 aliphatic rings. The molecule has 2 rings (SSSR count). The minimum Gasteiger partial charge on any atom is -0.393 e. The number of amides is 1. The van der Waals surface area contributed by atoms with Gasteiger partial charge in [-0.15, -0.1) is 0 Å². The predicted molar refractivity (Wildman–Crippen MR) is 64.9 cm³/mol. The number of aliphatic hydroxyl groups excluding tert-OH is 1. The second-order valence-corrected chi connectivity index (χ2v) is 4.94. The molecule has 1 amide bonds. The number of aliphatic hydroxyl groups is 1. The third-order valence-corrected chi connectivity index (χ3v) is 3.42. The van der Waals surface area contributed by atoms with E-state index in [9.17, 15) is 9.90 Å². The van der Waals surface area contributed by atoms with Gasteiger partial charge in [0.05, 0.1) is 16.7 Å². The molecule has 0 spiro atoms. The molecule has 5 heteroatoms. The average Bonchev–Trinajstić information content (AvgIpc) is 2.26. The molecule has 1 fully saturated rings. The highest BCUT2D eigenvalue weighted by atomic mass is 35.5. The summed E-state index contributed by atoms with van der Waals surface area (Å²) in [4.78, 5) is 17.6. The molecule has 1 N–H and O–H groups in total. The van der Waals surface area contributed by atoms with Gasteiger partial charge in [-0.05, 0) is 24.8 Å². The van der Waals surface area contributed by atoms with Crippen molar-refractivity contribution < 1.29 is 9.90 Å². The molecule has 0 unspecified atom stereocenters. The molecule has 4 nitrogen and oxygen atoms in total. The third kappa shape index (κ3) is 2.76. The van der Waals surface area contributed by atoms with Gasteiger partial charge in [0.15, 0.2) is 0 Å². The van der Waals surface area contributed by atoms with E-state index < -0.39 is 0 Å². The number of nitrogens with zero attached hydrogens (tertiary/aromatic N) is 2. The quantitative estimate of drug-likeness (QED) is 0.891. The lowest BCUT2D eigenvalue weighted by Gasteiger charge is -2.34. The predicted octanol–water partition coefficient (Wildman–Crippen LogP) is 1.58. The Bertz CT molecular complexity index is 419.